The smallest absolute Gasteiger partial charge is 0.419 e. The molecule has 0 spiro atoms. The number of nitrogens with zero attached hydrogens (tertiary/aromatic N) is 5. The zero-order valence-electron chi connectivity index (χ0n) is 20.2. The van der Waals surface area contributed by atoms with Crippen LogP contribution in [0.1, 0.15) is 36.9 Å². The van der Waals surface area contributed by atoms with Gasteiger partial charge in [-0.05, 0) is 49.0 Å². The van der Waals surface area contributed by atoms with Gasteiger partial charge < -0.3 is 9.64 Å². The predicted molar refractivity (Wildman–Crippen MR) is 133 cm³/mol. The second-order valence-electron chi connectivity index (χ2n) is 9.01. The normalized spacial score (nSPS) is 18.7. The lowest BCUT2D eigenvalue weighted by molar-refractivity contribution is -0.138. The van der Waals surface area contributed by atoms with Crippen molar-refractivity contribution in [3.8, 4) is 11.8 Å². The van der Waals surface area contributed by atoms with E-state index in [1.807, 2.05) is 4.90 Å². The van der Waals surface area contributed by atoms with Crippen molar-refractivity contribution in [2.45, 2.75) is 37.8 Å². The number of hydrogen-bond donors (Lipinski definition) is 0. The first-order chi connectivity index (χ1) is 18.0. The number of amides is 1. The third-order valence-electron chi connectivity index (χ3n) is 6.40. The third kappa shape index (κ3) is 6.36. The summed E-state index contributed by atoms with van der Waals surface area (Å²) in [6, 6.07) is 8.96. The molecule has 202 valence electrons. The van der Waals surface area contributed by atoms with E-state index in [0.29, 0.717) is 56.7 Å². The molecule has 1 aromatic heterocycles. The number of piperidine rings is 1. The SMILES string of the molecule is N#Cc1ncc(N2C(=O)CCCN(c3ccc(OCCN4CCC(F)(F)CC4)cc3)C2=S)cc1C(F)(F)F. The molecule has 4 rings (SSSR count). The van der Waals surface area contributed by atoms with Crippen LogP contribution < -0.4 is 14.5 Å². The number of nitriles is 1. The van der Waals surface area contributed by atoms with Crippen LogP contribution in [0.25, 0.3) is 0 Å². The molecule has 1 amide bonds. The molecule has 2 aliphatic rings. The summed E-state index contributed by atoms with van der Waals surface area (Å²) in [6.45, 7) is 1.83. The van der Waals surface area contributed by atoms with Gasteiger partial charge in [-0.3, -0.25) is 14.6 Å². The Kier molecular flexibility index (Phi) is 8.13. The summed E-state index contributed by atoms with van der Waals surface area (Å²) in [5, 5.41) is 9.01. The van der Waals surface area contributed by atoms with Gasteiger partial charge in [-0.2, -0.15) is 18.4 Å². The number of carbonyl (C=O) groups is 1. The van der Waals surface area contributed by atoms with Gasteiger partial charge in [-0.1, -0.05) is 0 Å². The number of ether oxygens (including phenoxy) is 1. The van der Waals surface area contributed by atoms with Crippen LogP contribution in [0.15, 0.2) is 36.5 Å². The Bertz CT molecular complexity index is 1220. The summed E-state index contributed by atoms with van der Waals surface area (Å²) < 4.78 is 72.8. The number of halogens is 5. The van der Waals surface area contributed by atoms with Crippen molar-refractivity contribution < 1.29 is 31.5 Å². The predicted octanol–water partition coefficient (Wildman–Crippen LogP) is 5.00. The second-order valence-corrected chi connectivity index (χ2v) is 9.37. The first-order valence-corrected chi connectivity index (χ1v) is 12.3. The molecular weight excluding hydrogens is 529 g/mol. The average Bonchev–Trinajstić information content (AvgIpc) is 3.02. The van der Waals surface area contributed by atoms with Gasteiger partial charge in [0.15, 0.2) is 10.8 Å². The minimum absolute atomic E-state index is 0.0114. The number of benzene rings is 1. The number of carbonyl (C=O) groups excluding carboxylic acids is 1. The van der Waals surface area contributed by atoms with Crippen molar-refractivity contribution in [3.05, 3.63) is 47.8 Å². The minimum Gasteiger partial charge on any atom is -0.492 e. The molecular formula is C25H24F5N5O2S. The molecule has 2 aliphatic heterocycles. The molecule has 2 saturated heterocycles. The number of thiocarbonyl (C=S) groups is 1. The molecule has 7 nitrogen and oxygen atoms in total. The van der Waals surface area contributed by atoms with Crippen molar-refractivity contribution in [2.75, 3.05) is 42.6 Å². The first kappa shape index (κ1) is 27.7. The molecule has 13 heteroatoms. The molecule has 0 unspecified atom stereocenters. The molecule has 0 radical (unpaired) electrons. The standard InChI is InChI=1S/C25H24F5N5O2S/c26-24(27)7-10-33(11-8-24)12-13-37-19-5-3-17(4-6-19)34-9-1-2-22(36)35(23(34)38)18-14-20(25(28,29)30)21(15-31)32-16-18/h3-6,14,16H,1-2,7-13H2. The lowest BCUT2D eigenvalue weighted by atomic mass is 10.1. The largest absolute Gasteiger partial charge is 0.492 e. The maximum Gasteiger partial charge on any atom is 0.419 e. The summed E-state index contributed by atoms with van der Waals surface area (Å²) in [6.07, 6.45) is -3.65. The Balaban J connectivity index is 1.45. The zero-order valence-corrected chi connectivity index (χ0v) is 21.0. The number of likely N-dealkylation sites (tertiary alicyclic amines) is 1. The summed E-state index contributed by atoms with van der Waals surface area (Å²) in [7, 11) is 0. The Morgan fingerprint density at radius 3 is 2.42 bits per heavy atom. The highest BCUT2D eigenvalue weighted by Crippen LogP contribution is 2.35. The number of hydrogen-bond acceptors (Lipinski definition) is 6. The molecule has 0 aliphatic carbocycles. The maximum atomic E-state index is 13.5. The van der Waals surface area contributed by atoms with Crippen molar-refractivity contribution in [1.29, 1.82) is 5.26 Å². The van der Waals surface area contributed by atoms with E-state index in [9.17, 15) is 26.7 Å². The van der Waals surface area contributed by atoms with Gasteiger partial charge in [-0.15, -0.1) is 0 Å². The Morgan fingerprint density at radius 1 is 1.11 bits per heavy atom. The van der Waals surface area contributed by atoms with Gasteiger partial charge in [0.1, 0.15) is 18.4 Å². The molecule has 38 heavy (non-hydrogen) atoms. The Hall–Kier alpha value is -3.37. The highest BCUT2D eigenvalue weighted by molar-refractivity contribution is 7.81. The van der Waals surface area contributed by atoms with Crippen LogP contribution >= 0.6 is 12.2 Å². The van der Waals surface area contributed by atoms with Crippen LogP contribution in [0.2, 0.25) is 0 Å². The number of rotatable bonds is 6. The highest BCUT2D eigenvalue weighted by atomic mass is 32.1. The topological polar surface area (TPSA) is 72.7 Å². The van der Waals surface area contributed by atoms with Gasteiger partial charge in [0.2, 0.25) is 5.91 Å². The number of alkyl halides is 5. The van der Waals surface area contributed by atoms with E-state index in [-0.39, 0.29) is 30.1 Å². The van der Waals surface area contributed by atoms with Crippen molar-refractivity contribution in [2.24, 2.45) is 0 Å². The van der Waals surface area contributed by atoms with Crippen LogP contribution in [0.5, 0.6) is 5.75 Å². The van der Waals surface area contributed by atoms with E-state index in [1.54, 1.807) is 29.2 Å². The summed E-state index contributed by atoms with van der Waals surface area (Å²) in [5.74, 6) is -2.53. The molecule has 0 saturated carbocycles. The maximum absolute atomic E-state index is 13.5. The fourth-order valence-corrected chi connectivity index (χ4v) is 4.72. The van der Waals surface area contributed by atoms with E-state index in [2.05, 4.69) is 4.98 Å². The third-order valence-corrected chi connectivity index (χ3v) is 6.80. The number of pyridine rings is 1. The molecule has 2 fully saturated rings. The fourth-order valence-electron chi connectivity index (χ4n) is 4.32. The Morgan fingerprint density at radius 2 is 1.79 bits per heavy atom. The fraction of sp³-hybridized carbons (Fsp3) is 0.440. The van der Waals surface area contributed by atoms with E-state index in [1.165, 1.54) is 6.07 Å². The number of aromatic nitrogens is 1. The van der Waals surface area contributed by atoms with E-state index >= 15 is 0 Å². The van der Waals surface area contributed by atoms with Crippen LogP contribution in [0.4, 0.5) is 33.3 Å². The Labute approximate surface area is 221 Å². The average molecular weight is 554 g/mol. The molecule has 3 heterocycles. The molecule has 1 aromatic carbocycles. The van der Waals surface area contributed by atoms with Crippen molar-refractivity contribution >= 4 is 34.6 Å². The minimum atomic E-state index is -4.83. The quantitative estimate of drug-likeness (QED) is 0.368. The molecule has 0 N–H and O–H groups in total. The van der Waals surface area contributed by atoms with E-state index < -0.39 is 29.3 Å². The lowest BCUT2D eigenvalue weighted by Gasteiger charge is -2.31. The van der Waals surface area contributed by atoms with Gasteiger partial charge in [0.05, 0.1) is 17.4 Å². The summed E-state index contributed by atoms with van der Waals surface area (Å²) in [4.78, 5) is 21.0. The van der Waals surface area contributed by atoms with Crippen molar-refractivity contribution in [3.63, 3.8) is 0 Å². The molecule has 0 atom stereocenters. The van der Waals surface area contributed by atoms with Gasteiger partial charge in [-0.25, -0.2) is 13.8 Å². The summed E-state index contributed by atoms with van der Waals surface area (Å²) in [5.41, 5.74) is -1.60. The lowest BCUT2D eigenvalue weighted by Crippen LogP contribution is -2.44. The van der Waals surface area contributed by atoms with Crippen LogP contribution in [-0.2, 0) is 11.0 Å². The van der Waals surface area contributed by atoms with Crippen LogP contribution in [0, 0.1) is 11.3 Å². The number of anilines is 2. The van der Waals surface area contributed by atoms with Crippen LogP contribution in [-0.4, -0.2) is 59.6 Å². The van der Waals surface area contributed by atoms with Gasteiger partial charge in [0.25, 0.3) is 5.92 Å². The van der Waals surface area contributed by atoms with E-state index in [4.69, 9.17) is 22.2 Å². The molecule has 2 aromatic rings. The van der Waals surface area contributed by atoms with Gasteiger partial charge in [0, 0.05) is 51.1 Å². The molecule has 0 bridgehead atoms. The first-order valence-electron chi connectivity index (χ1n) is 11.9. The second kappa shape index (κ2) is 11.2. The van der Waals surface area contributed by atoms with Crippen LogP contribution in [0.3, 0.4) is 0 Å². The monoisotopic (exact) mass is 553 g/mol. The zero-order chi connectivity index (χ0) is 27.5. The highest BCUT2D eigenvalue weighted by Gasteiger charge is 2.37. The van der Waals surface area contributed by atoms with Gasteiger partial charge >= 0.3 is 6.18 Å². The van der Waals surface area contributed by atoms with Crippen molar-refractivity contribution in [1.82, 2.24) is 9.88 Å². The van der Waals surface area contributed by atoms with E-state index in [0.717, 1.165) is 11.1 Å². The summed E-state index contributed by atoms with van der Waals surface area (Å²) >= 11 is 5.53.